The van der Waals surface area contributed by atoms with Gasteiger partial charge in [-0.2, -0.15) is 13.2 Å². The van der Waals surface area contributed by atoms with Crippen LogP contribution >= 0.6 is 15.9 Å². The lowest BCUT2D eigenvalue weighted by atomic mass is 10.1. The molecule has 146 valence electrons. The molecule has 3 rings (SSSR count). The maximum absolute atomic E-state index is 13.0. The molecule has 0 aliphatic rings. The third-order valence-corrected chi connectivity index (χ3v) is 4.39. The fourth-order valence-corrected chi connectivity index (χ4v) is 3.10. The van der Waals surface area contributed by atoms with E-state index in [0.717, 1.165) is 0 Å². The van der Waals surface area contributed by atoms with E-state index >= 15 is 0 Å². The van der Waals surface area contributed by atoms with Crippen LogP contribution in [-0.2, 0) is 6.54 Å². The molecule has 10 heteroatoms. The van der Waals surface area contributed by atoms with Gasteiger partial charge in [-0.3, -0.25) is 14.9 Å². The summed E-state index contributed by atoms with van der Waals surface area (Å²) in [5.41, 5.74) is -0.0378. The Kier molecular flexibility index (Phi) is 5.41. The van der Waals surface area contributed by atoms with Gasteiger partial charge in [0.2, 0.25) is 0 Å². The highest BCUT2D eigenvalue weighted by molar-refractivity contribution is 9.10. The molecule has 1 aromatic heterocycles. The van der Waals surface area contributed by atoms with Gasteiger partial charge < -0.3 is 9.32 Å². The molecule has 0 radical (unpaired) electrons. The number of benzene rings is 2. The number of carbonyl (C=O) groups is 1. The Morgan fingerprint density at radius 2 is 1.89 bits per heavy atom. The standard InChI is InChI=1S/C18H12BrF3N2O4/c19-13-5-6-15-12(7-13)8-16(28-15)17(25)23(10-18(20,21)22)9-11-3-1-2-4-14(11)24(26)27/h1-8H,9-10H2. The van der Waals surface area contributed by atoms with Crippen LogP contribution in [0.4, 0.5) is 18.9 Å². The maximum Gasteiger partial charge on any atom is 0.406 e. The average molecular weight is 457 g/mol. The SMILES string of the molecule is O=C(c1cc2cc(Br)ccc2o1)N(Cc1ccccc1[N+](=O)[O-])CC(F)(F)F. The lowest BCUT2D eigenvalue weighted by Crippen LogP contribution is -2.38. The Balaban J connectivity index is 1.97. The van der Waals surface area contributed by atoms with Gasteiger partial charge in [-0.05, 0) is 24.3 Å². The summed E-state index contributed by atoms with van der Waals surface area (Å²) in [6.07, 6.45) is -4.69. The molecule has 1 heterocycles. The van der Waals surface area contributed by atoms with Crippen LogP contribution in [-0.4, -0.2) is 28.5 Å². The molecule has 0 fully saturated rings. The van der Waals surface area contributed by atoms with Crippen molar-refractivity contribution in [3.63, 3.8) is 0 Å². The lowest BCUT2D eigenvalue weighted by molar-refractivity contribution is -0.385. The van der Waals surface area contributed by atoms with Crippen LogP contribution in [0.25, 0.3) is 11.0 Å². The Morgan fingerprint density at radius 3 is 2.57 bits per heavy atom. The lowest BCUT2D eigenvalue weighted by Gasteiger charge is -2.23. The van der Waals surface area contributed by atoms with Crippen molar-refractivity contribution in [2.24, 2.45) is 0 Å². The summed E-state index contributed by atoms with van der Waals surface area (Å²) in [6, 6.07) is 11.6. The van der Waals surface area contributed by atoms with E-state index in [9.17, 15) is 28.1 Å². The topological polar surface area (TPSA) is 76.6 Å². The van der Waals surface area contributed by atoms with Gasteiger partial charge in [-0.15, -0.1) is 0 Å². The number of fused-ring (bicyclic) bond motifs is 1. The molecule has 0 N–H and O–H groups in total. The van der Waals surface area contributed by atoms with E-state index in [1.165, 1.54) is 30.3 Å². The minimum Gasteiger partial charge on any atom is -0.451 e. The van der Waals surface area contributed by atoms with Gasteiger partial charge in [0.25, 0.3) is 11.6 Å². The molecule has 0 spiro atoms. The molecule has 28 heavy (non-hydrogen) atoms. The molecule has 0 saturated carbocycles. The van der Waals surface area contributed by atoms with Crippen LogP contribution in [0.2, 0.25) is 0 Å². The Hall–Kier alpha value is -2.88. The van der Waals surface area contributed by atoms with E-state index in [1.54, 1.807) is 18.2 Å². The van der Waals surface area contributed by atoms with E-state index in [-0.39, 0.29) is 17.0 Å². The first-order valence-electron chi connectivity index (χ1n) is 7.91. The summed E-state index contributed by atoms with van der Waals surface area (Å²) in [5.74, 6) is -1.29. The first-order chi connectivity index (χ1) is 13.1. The molecular weight excluding hydrogens is 445 g/mol. The minimum absolute atomic E-state index is 0.0102. The minimum atomic E-state index is -4.69. The molecule has 3 aromatic rings. The summed E-state index contributed by atoms with van der Waals surface area (Å²) >= 11 is 3.26. The van der Waals surface area contributed by atoms with Gasteiger partial charge >= 0.3 is 6.18 Å². The van der Waals surface area contributed by atoms with E-state index in [0.29, 0.717) is 20.3 Å². The van der Waals surface area contributed by atoms with Gasteiger partial charge in [0.1, 0.15) is 12.1 Å². The van der Waals surface area contributed by atoms with Crippen LogP contribution in [0, 0.1) is 10.1 Å². The molecule has 0 aliphatic heterocycles. The number of alkyl halides is 3. The van der Waals surface area contributed by atoms with Crippen molar-refractivity contribution in [2.75, 3.05) is 6.54 Å². The number of nitro benzene ring substituents is 1. The number of rotatable bonds is 5. The Morgan fingerprint density at radius 1 is 1.18 bits per heavy atom. The van der Waals surface area contributed by atoms with Crippen molar-refractivity contribution in [1.82, 2.24) is 4.90 Å². The van der Waals surface area contributed by atoms with E-state index < -0.39 is 30.1 Å². The zero-order valence-corrected chi connectivity index (χ0v) is 15.7. The van der Waals surface area contributed by atoms with Crippen molar-refractivity contribution in [3.05, 3.63) is 74.4 Å². The molecule has 0 bridgehead atoms. The molecule has 0 saturated heterocycles. The summed E-state index contributed by atoms with van der Waals surface area (Å²) in [6.45, 7) is -2.16. The smallest absolute Gasteiger partial charge is 0.406 e. The predicted molar refractivity (Wildman–Crippen MR) is 97.8 cm³/mol. The van der Waals surface area contributed by atoms with Crippen LogP contribution in [0.15, 0.2) is 57.4 Å². The highest BCUT2D eigenvalue weighted by Crippen LogP contribution is 2.27. The van der Waals surface area contributed by atoms with E-state index in [2.05, 4.69) is 15.9 Å². The van der Waals surface area contributed by atoms with Gasteiger partial charge in [0.05, 0.1) is 11.5 Å². The summed E-state index contributed by atoms with van der Waals surface area (Å²) in [5, 5.41) is 11.7. The molecular formula is C18H12BrF3N2O4. The van der Waals surface area contributed by atoms with Gasteiger partial charge in [0, 0.05) is 21.5 Å². The van der Waals surface area contributed by atoms with Crippen molar-refractivity contribution in [2.45, 2.75) is 12.7 Å². The zero-order valence-electron chi connectivity index (χ0n) is 14.1. The zero-order chi connectivity index (χ0) is 20.5. The van der Waals surface area contributed by atoms with Crippen molar-refractivity contribution < 1.29 is 27.3 Å². The van der Waals surface area contributed by atoms with E-state index in [1.807, 2.05) is 0 Å². The Labute approximate surface area is 164 Å². The number of hydrogen-bond acceptors (Lipinski definition) is 4. The van der Waals surface area contributed by atoms with Crippen molar-refractivity contribution >= 4 is 38.5 Å². The highest BCUT2D eigenvalue weighted by Gasteiger charge is 2.35. The summed E-state index contributed by atoms with van der Waals surface area (Å²) < 4.78 is 45.2. The number of hydrogen-bond donors (Lipinski definition) is 0. The molecule has 0 atom stereocenters. The van der Waals surface area contributed by atoms with Crippen molar-refractivity contribution in [3.8, 4) is 0 Å². The van der Waals surface area contributed by atoms with Gasteiger partial charge in [-0.25, -0.2) is 0 Å². The van der Waals surface area contributed by atoms with Crippen LogP contribution in [0.3, 0.4) is 0 Å². The molecule has 6 nitrogen and oxygen atoms in total. The number of furan rings is 1. The van der Waals surface area contributed by atoms with Gasteiger partial charge in [0.15, 0.2) is 5.76 Å². The Bertz CT molecular complexity index is 1050. The number of nitrogens with zero attached hydrogens (tertiary/aromatic N) is 2. The second-order valence-electron chi connectivity index (χ2n) is 5.96. The number of halogens is 4. The first kappa shape index (κ1) is 19.9. The van der Waals surface area contributed by atoms with Crippen LogP contribution in [0.1, 0.15) is 16.1 Å². The second-order valence-corrected chi connectivity index (χ2v) is 6.87. The summed E-state index contributed by atoms with van der Waals surface area (Å²) in [7, 11) is 0. The normalized spacial score (nSPS) is 11.6. The number of carbonyl (C=O) groups excluding carboxylic acids is 1. The number of para-hydroxylation sites is 1. The predicted octanol–water partition coefficient (Wildman–Crippen LogP) is 5.31. The van der Waals surface area contributed by atoms with Crippen LogP contribution in [0.5, 0.6) is 0 Å². The summed E-state index contributed by atoms with van der Waals surface area (Å²) in [4.78, 5) is 23.6. The fourth-order valence-electron chi connectivity index (χ4n) is 2.72. The number of nitro groups is 1. The first-order valence-corrected chi connectivity index (χ1v) is 8.71. The fraction of sp³-hybridized carbons (Fsp3) is 0.167. The van der Waals surface area contributed by atoms with E-state index in [4.69, 9.17) is 4.42 Å². The van der Waals surface area contributed by atoms with Crippen molar-refractivity contribution in [1.29, 1.82) is 0 Å². The third-order valence-electron chi connectivity index (χ3n) is 3.90. The van der Waals surface area contributed by atoms with Gasteiger partial charge in [-0.1, -0.05) is 34.1 Å². The largest absolute Gasteiger partial charge is 0.451 e. The molecule has 2 aromatic carbocycles. The quantitative estimate of drug-likeness (QED) is 0.385. The van der Waals surface area contributed by atoms with Crippen LogP contribution < -0.4 is 0 Å². The monoisotopic (exact) mass is 456 g/mol. The second kappa shape index (κ2) is 7.63. The maximum atomic E-state index is 13.0. The molecule has 0 aliphatic carbocycles. The number of amides is 1. The molecule has 1 amide bonds. The average Bonchev–Trinajstić information content (AvgIpc) is 3.02. The highest BCUT2D eigenvalue weighted by atomic mass is 79.9. The molecule has 0 unspecified atom stereocenters. The third kappa shape index (κ3) is 4.50.